The molecule has 2 N–H and O–H groups in total. The number of amides is 1. The molecule has 0 saturated carbocycles. The predicted molar refractivity (Wildman–Crippen MR) is 90.3 cm³/mol. The first-order valence-electron chi connectivity index (χ1n) is 6.42. The maximum Gasteiger partial charge on any atom is 0.271 e. The first kappa shape index (κ1) is 14.7. The Hall–Kier alpha value is -2.24. The SMILES string of the molecule is N=C1S/C(=C\c2cc(Cl)ccc2O)C(=O)N1c1ccccc1. The fourth-order valence-electron chi connectivity index (χ4n) is 2.08. The highest BCUT2D eigenvalue weighted by Gasteiger charge is 2.33. The Balaban J connectivity index is 1.97. The van der Waals surface area contributed by atoms with Crippen molar-refractivity contribution in [3.63, 3.8) is 0 Å². The van der Waals surface area contributed by atoms with Gasteiger partial charge in [0.2, 0.25) is 0 Å². The van der Waals surface area contributed by atoms with Crippen LogP contribution in [0.2, 0.25) is 5.02 Å². The summed E-state index contributed by atoms with van der Waals surface area (Å²) in [6.07, 6.45) is 1.55. The summed E-state index contributed by atoms with van der Waals surface area (Å²) in [5.74, 6) is -0.254. The number of phenols is 1. The van der Waals surface area contributed by atoms with Gasteiger partial charge in [-0.15, -0.1) is 0 Å². The molecule has 22 heavy (non-hydrogen) atoms. The molecule has 1 aliphatic heterocycles. The third-order valence-electron chi connectivity index (χ3n) is 3.11. The molecule has 0 aliphatic carbocycles. The Bertz CT molecular complexity index is 790. The molecule has 110 valence electrons. The molecule has 0 bridgehead atoms. The van der Waals surface area contributed by atoms with Crippen LogP contribution in [0, 0.1) is 5.41 Å². The van der Waals surface area contributed by atoms with Crippen LogP contribution in [0.25, 0.3) is 6.08 Å². The fourth-order valence-corrected chi connectivity index (χ4v) is 3.11. The van der Waals surface area contributed by atoms with Crippen molar-refractivity contribution in [2.45, 2.75) is 0 Å². The number of aromatic hydroxyl groups is 1. The maximum absolute atomic E-state index is 12.5. The largest absolute Gasteiger partial charge is 0.507 e. The minimum Gasteiger partial charge on any atom is -0.507 e. The maximum atomic E-state index is 12.5. The third-order valence-corrected chi connectivity index (χ3v) is 4.24. The summed E-state index contributed by atoms with van der Waals surface area (Å²) in [6.45, 7) is 0. The van der Waals surface area contributed by atoms with Gasteiger partial charge in [-0.25, -0.2) is 0 Å². The van der Waals surface area contributed by atoms with Crippen molar-refractivity contribution in [3.8, 4) is 5.75 Å². The van der Waals surface area contributed by atoms with Crippen LogP contribution in [-0.4, -0.2) is 16.2 Å². The summed E-state index contributed by atoms with van der Waals surface area (Å²) in [6, 6.07) is 13.6. The van der Waals surface area contributed by atoms with Crippen molar-refractivity contribution in [1.82, 2.24) is 0 Å². The molecule has 1 saturated heterocycles. The molecule has 0 atom stereocenters. The summed E-state index contributed by atoms with van der Waals surface area (Å²) in [4.78, 5) is 14.2. The van der Waals surface area contributed by atoms with E-state index in [4.69, 9.17) is 17.0 Å². The molecule has 3 rings (SSSR count). The lowest BCUT2D eigenvalue weighted by atomic mass is 10.2. The van der Waals surface area contributed by atoms with Gasteiger partial charge in [0.05, 0.1) is 10.6 Å². The van der Waals surface area contributed by atoms with Crippen LogP contribution >= 0.6 is 23.4 Å². The Morgan fingerprint density at radius 2 is 1.91 bits per heavy atom. The number of anilines is 1. The number of nitrogens with one attached hydrogen (secondary N) is 1. The molecule has 0 spiro atoms. The molecular weight excluding hydrogens is 320 g/mol. The van der Waals surface area contributed by atoms with Crippen LogP contribution in [0.15, 0.2) is 53.4 Å². The summed E-state index contributed by atoms with van der Waals surface area (Å²) in [5, 5.41) is 18.4. The number of thioether (sulfide) groups is 1. The Labute approximate surface area is 136 Å². The van der Waals surface area contributed by atoms with Crippen molar-refractivity contribution >= 4 is 46.2 Å². The van der Waals surface area contributed by atoms with Crippen molar-refractivity contribution in [2.75, 3.05) is 4.90 Å². The van der Waals surface area contributed by atoms with Gasteiger partial charge in [0, 0.05) is 10.6 Å². The van der Waals surface area contributed by atoms with Gasteiger partial charge < -0.3 is 5.11 Å². The van der Waals surface area contributed by atoms with Gasteiger partial charge in [-0.1, -0.05) is 29.8 Å². The molecule has 1 amide bonds. The van der Waals surface area contributed by atoms with Crippen LogP contribution in [0.5, 0.6) is 5.75 Å². The first-order chi connectivity index (χ1) is 10.6. The fraction of sp³-hybridized carbons (Fsp3) is 0. The highest BCUT2D eigenvalue weighted by Crippen LogP contribution is 2.36. The summed E-state index contributed by atoms with van der Waals surface area (Å²) in [5.41, 5.74) is 1.09. The summed E-state index contributed by atoms with van der Waals surface area (Å²) >= 11 is 6.96. The number of benzene rings is 2. The average molecular weight is 331 g/mol. The Morgan fingerprint density at radius 3 is 2.64 bits per heavy atom. The van der Waals surface area contributed by atoms with Gasteiger partial charge in [-0.3, -0.25) is 15.1 Å². The van der Waals surface area contributed by atoms with Gasteiger partial charge >= 0.3 is 0 Å². The topological polar surface area (TPSA) is 64.4 Å². The van der Waals surface area contributed by atoms with E-state index in [1.807, 2.05) is 18.2 Å². The number of hydrogen-bond acceptors (Lipinski definition) is 4. The zero-order valence-electron chi connectivity index (χ0n) is 11.3. The van der Waals surface area contributed by atoms with Crippen LogP contribution in [0.1, 0.15) is 5.56 Å². The Morgan fingerprint density at radius 1 is 1.18 bits per heavy atom. The zero-order chi connectivity index (χ0) is 15.7. The predicted octanol–water partition coefficient (Wildman–Crippen LogP) is 4.10. The standard InChI is InChI=1S/C16H11ClN2O2S/c17-11-6-7-13(20)10(8-11)9-14-15(21)19(16(18)22-14)12-4-2-1-3-5-12/h1-9,18,20H/b14-9-,18-16?. The molecule has 0 unspecified atom stereocenters. The number of halogens is 1. The number of rotatable bonds is 2. The van der Waals surface area contributed by atoms with Crippen molar-refractivity contribution in [1.29, 1.82) is 5.41 Å². The van der Waals surface area contributed by atoms with E-state index in [-0.39, 0.29) is 16.8 Å². The van der Waals surface area contributed by atoms with E-state index in [1.54, 1.807) is 30.3 Å². The molecular formula is C16H11ClN2O2S. The minimum absolute atomic E-state index is 0.0370. The number of carbonyl (C=O) groups excluding carboxylic acids is 1. The second kappa shape index (κ2) is 5.87. The van der Waals surface area contributed by atoms with Crippen molar-refractivity contribution in [3.05, 3.63) is 64.0 Å². The lowest BCUT2D eigenvalue weighted by Gasteiger charge is -2.13. The molecule has 4 nitrogen and oxygen atoms in total. The molecule has 6 heteroatoms. The minimum atomic E-state index is -0.291. The number of carbonyl (C=O) groups is 1. The van der Waals surface area contributed by atoms with Gasteiger partial charge in [0.1, 0.15) is 5.75 Å². The Kier molecular flexibility index (Phi) is 3.92. The molecule has 1 heterocycles. The van der Waals surface area contributed by atoms with Gasteiger partial charge in [0.25, 0.3) is 5.91 Å². The second-order valence-electron chi connectivity index (χ2n) is 4.60. The number of amidine groups is 1. The van der Waals surface area contributed by atoms with Crippen LogP contribution in [0.3, 0.4) is 0 Å². The molecule has 1 aliphatic rings. The molecule has 2 aromatic rings. The van der Waals surface area contributed by atoms with Crippen LogP contribution in [0.4, 0.5) is 5.69 Å². The van der Waals surface area contributed by atoms with E-state index in [1.165, 1.54) is 11.0 Å². The van der Waals surface area contributed by atoms with Gasteiger partial charge in [-0.05, 0) is 48.2 Å². The van der Waals surface area contributed by atoms with E-state index < -0.39 is 0 Å². The van der Waals surface area contributed by atoms with Crippen molar-refractivity contribution < 1.29 is 9.90 Å². The van der Waals surface area contributed by atoms with E-state index in [0.29, 0.717) is 21.2 Å². The molecule has 0 aromatic heterocycles. The van der Waals surface area contributed by atoms with Crippen molar-refractivity contribution in [2.24, 2.45) is 0 Å². The molecule has 1 fully saturated rings. The normalized spacial score (nSPS) is 16.6. The lowest BCUT2D eigenvalue weighted by Crippen LogP contribution is -2.27. The average Bonchev–Trinajstić information content (AvgIpc) is 2.78. The number of hydrogen-bond donors (Lipinski definition) is 2. The number of phenolic OH excluding ortho intramolecular Hbond substituents is 1. The smallest absolute Gasteiger partial charge is 0.271 e. The third kappa shape index (κ3) is 2.73. The van der Waals surface area contributed by atoms with E-state index in [0.717, 1.165) is 11.8 Å². The highest BCUT2D eigenvalue weighted by atomic mass is 35.5. The van der Waals surface area contributed by atoms with E-state index >= 15 is 0 Å². The summed E-state index contributed by atoms with van der Waals surface area (Å²) < 4.78 is 0. The molecule has 0 radical (unpaired) electrons. The van der Waals surface area contributed by atoms with Crippen LogP contribution in [-0.2, 0) is 4.79 Å². The van der Waals surface area contributed by atoms with Crippen LogP contribution < -0.4 is 4.90 Å². The zero-order valence-corrected chi connectivity index (χ0v) is 12.9. The monoisotopic (exact) mass is 330 g/mol. The lowest BCUT2D eigenvalue weighted by molar-refractivity contribution is -0.113. The molecule has 2 aromatic carbocycles. The van der Waals surface area contributed by atoms with Gasteiger partial charge in [0.15, 0.2) is 5.17 Å². The van der Waals surface area contributed by atoms with Gasteiger partial charge in [-0.2, -0.15) is 0 Å². The number of para-hydroxylation sites is 1. The van der Waals surface area contributed by atoms with E-state index in [2.05, 4.69) is 0 Å². The number of nitrogens with zero attached hydrogens (tertiary/aromatic N) is 1. The second-order valence-corrected chi connectivity index (χ2v) is 6.06. The first-order valence-corrected chi connectivity index (χ1v) is 7.62. The summed E-state index contributed by atoms with van der Waals surface area (Å²) in [7, 11) is 0. The van der Waals surface area contributed by atoms with E-state index in [9.17, 15) is 9.90 Å². The highest BCUT2D eigenvalue weighted by molar-refractivity contribution is 8.19. The quantitative estimate of drug-likeness (QED) is 0.815.